The van der Waals surface area contributed by atoms with Crippen molar-refractivity contribution in [1.29, 1.82) is 5.26 Å². The van der Waals surface area contributed by atoms with Crippen molar-refractivity contribution in [2.24, 2.45) is 0 Å². The molecular formula is C13H15ClN2O. The Morgan fingerprint density at radius 3 is 2.65 bits per heavy atom. The van der Waals surface area contributed by atoms with Gasteiger partial charge in [-0.2, -0.15) is 5.26 Å². The van der Waals surface area contributed by atoms with Crippen LogP contribution in [0.4, 0.5) is 0 Å². The van der Waals surface area contributed by atoms with Crippen molar-refractivity contribution in [3.8, 4) is 6.07 Å². The Morgan fingerprint density at radius 2 is 2.12 bits per heavy atom. The molecule has 1 aromatic rings. The molecule has 0 atom stereocenters. The summed E-state index contributed by atoms with van der Waals surface area (Å²) < 4.78 is 0. The molecule has 0 aromatic heterocycles. The average Bonchev–Trinajstić information content (AvgIpc) is 2.29. The monoisotopic (exact) mass is 250 g/mol. The molecule has 0 aliphatic rings. The quantitative estimate of drug-likeness (QED) is 0.824. The van der Waals surface area contributed by atoms with Gasteiger partial charge in [0.15, 0.2) is 0 Å². The maximum atomic E-state index is 12.2. The highest BCUT2D eigenvalue weighted by atomic mass is 35.5. The van der Waals surface area contributed by atoms with Crippen molar-refractivity contribution >= 4 is 17.5 Å². The van der Waals surface area contributed by atoms with E-state index in [0.717, 1.165) is 0 Å². The van der Waals surface area contributed by atoms with Gasteiger partial charge in [-0.25, -0.2) is 0 Å². The molecule has 1 amide bonds. The molecule has 0 saturated carbocycles. The van der Waals surface area contributed by atoms with Crippen LogP contribution in [0.3, 0.4) is 0 Å². The van der Waals surface area contributed by atoms with Crippen LogP contribution in [-0.2, 0) is 0 Å². The molecule has 0 radical (unpaired) electrons. The summed E-state index contributed by atoms with van der Waals surface area (Å²) in [6, 6.07) is 9.05. The number of benzene rings is 1. The third-order valence-electron chi connectivity index (χ3n) is 2.45. The van der Waals surface area contributed by atoms with Crippen LogP contribution in [0, 0.1) is 11.3 Å². The lowest BCUT2D eigenvalue weighted by atomic mass is 10.1. The topological polar surface area (TPSA) is 44.1 Å². The average molecular weight is 251 g/mol. The first-order chi connectivity index (χ1) is 8.07. The Kier molecular flexibility index (Phi) is 4.99. The summed E-state index contributed by atoms with van der Waals surface area (Å²) in [6.45, 7) is 4.27. The fourth-order valence-corrected chi connectivity index (χ4v) is 1.77. The summed E-state index contributed by atoms with van der Waals surface area (Å²) in [4.78, 5) is 13.9. The second-order valence-electron chi connectivity index (χ2n) is 3.98. The first kappa shape index (κ1) is 13.5. The molecule has 0 heterocycles. The van der Waals surface area contributed by atoms with E-state index in [1.165, 1.54) is 0 Å². The Balaban J connectivity index is 2.93. The smallest absolute Gasteiger partial charge is 0.255 e. The van der Waals surface area contributed by atoms with E-state index in [1.807, 2.05) is 19.9 Å². The first-order valence-corrected chi connectivity index (χ1v) is 5.88. The van der Waals surface area contributed by atoms with Gasteiger partial charge in [0, 0.05) is 12.6 Å². The molecule has 0 spiro atoms. The molecule has 0 aliphatic heterocycles. The van der Waals surface area contributed by atoms with Gasteiger partial charge < -0.3 is 4.90 Å². The largest absolute Gasteiger partial charge is 0.335 e. The SMILES string of the molecule is CC(C)N(CCC#N)C(=O)c1ccccc1Cl. The molecule has 1 aromatic carbocycles. The van der Waals surface area contributed by atoms with Gasteiger partial charge in [0.25, 0.3) is 5.91 Å². The maximum absolute atomic E-state index is 12.2. The number of carbonyl (C=O) groups is 1. The molecule has 0 saturated heterocycles. The van der Waals surface area contributed by atoms with Crippen molar-refractivity contribution in [3.63, 3.8) is 0 Å². The van der Waals surface area contributed by atoms with E-state index in [2.05, 4.69) is 0 Å². The van der Waals surface area contributed by atoms with Crippen molar-refractivity contribution < 1.29 is 4.79 Å². The molecule has 0 fully saturated rings. The van der Waals surface area contributed by atoms with Crippen LogP contribution in [0.2, 0.25) is 5.02 Å². The Labute approximate surface area is 107 Å². The number of amides is 1. The summed E-state index contributed by atoms with van der Waals surface area (Å²) in [6.07, 6.45) is 0.328. The fraction of sp³-hybridized carbons (Fsp3) is 0.385. The van der Waals surface area contributed by atoms with E-state index in [0.29, 0.717) is 23.6 Å². The zero-order valence-electron chi connectivity index (χ0n) is 9.98. The van der Waals surface area contributed by atoms with Crippen molar-refractivity contribution in [2.45, 2.75) is 26.3 Å². The molecule has 1 rings (SSSR count). The summed E-state index contributed by atoms with van der Waals surface area (Å²) >= 11 is 5.99. The Bertz CT molecular complexity index is 437. The highest BCUT2D eigenvalue weighted by molar-refractivity contribution is 6.33. The van der Waals surface area contributed by atoms with Crippen LogP contribution in [0.1, 0.15) is 30.6 Å². The van der Waals surface area contributed by atoms with Gasteiger partial charge in [0.05, 0.1) is 23.1 Å². The zero-order chi connectivity index (χ0) is 12.8. The van der Waals surface area contributed by atoms with Gasteiger partial charge in [0.2, 0.25) is 0 Å². The Morgan fingerprint density at radius 1 is 1.47 bits per heavy atom. The summed E-state index contributed by atoms with van der Waals surface area (Å²) in [7, 11) is 0. The lowest BCUT2D eigenvalue weighted by molar-refractivity contribution is 0.0710. The molecule has 0 unspecified atom stereocenters. The van der Waals surface area contributed by atoms with Crippen LogP contribution in [0.15, 0.2) is 24.3 Å². The minimum absolute atomic E-state index is 0.0483. The van der Waals surface area contributed by atoms with Gasteiger partial charge in [-0.15, -0.1) is 0 Å². The van der Waals surface area contributed by atoms with Gasteiger partial charge in [-0.05, 0) is 26.0 Å². The number of hydrogen-bond donors (Lipinski definition) is 0. The first-order valence-electron chi connectivity index (χ1n) is 5.50. The third kappa shape index (κ3) is 3.47. The fourth-order valence-electron chi connectivity index (χ4n) is 1.55. The molecule has 0 bridgehead atoms. The van der Waals surface area contributed by atoms with Crippen LogP contribution < -0.4 is 0 Å². The van der Waals surface area contributed by atoms with E-state index >= 15 is 0 Å². The standard InChI is InChI=1S/C13H15ClN2O/c1-10(2)16(9-5-8-15)13(17)11-6-3-4-7-12(11)14/h3-4,6-7,10H,5,9H2,1-2H3. The van der Waals surface area contributed by atoms with E-state index in [9.17, 15) is 4.79 Å². The normalized spacial score (nSPS) is 10.1. The Hall–Kier alpha value is -1.53. The highest BCUT2D eigenvalue weighted by Gasteiger charge is 2.20. The second-order valence-corrected chi connectivity index (χ2v) is 4.39. The minimum Gasteiger partial charge on any atom is -0.335 e. The third-order valence-corrected chi connectivity index (χ3v) is 2.78. The molecule has 90 valence electrons. The van der Waals surface area contributed by atoms with E-state index in [-0.39, 0.29) is 11.9 Å². The van der Waals surface area contributed by atoms with Crippen LogP contribution >= 0.6 is 11.6 Å². The number of nitrogens with zero attached hydrogens (tertiary/aromatic N) is 2. The van der Waals surface area contributed by atoms with Crippen molar-refractivity contribution in [3.05, 3.63) is 34.9 Å². The summed E-state index contributed by atoms with van der Waals surface area (Å²) in [5, 5.41) is 9.03. The minimum atomic E-state index is -0.124. The summed E-state index contributed by atoms with van der Waals surface area (Å²) in [5.41, 5.74) is 0.487. The molecule has 17 heavy (non-hydrogen) atoms. The number of nitriles is 1. The molecule has 3 nitrogen and oxygen atoms in total. The number of rotatable bonds is 4. The van der Waals surface area contributed by atoms with Gasteiger partial charge >= 0.3 is 0 Å². The zero-order valence-corrected chi connectivity index (χ0v) is 10.7. The van der Waals surface area contributed by atoms with Gasteiger partial charge in [0.1, 0.15) is 0 Å². The predicted molar refractivity (Wildman–Crippen MR) is 67.9 cm³/mol. The van der Waals surface area contributed by atoms with E-state index in [4.69, 9.17) is 16.9 Å². The predicted octanol–water partition coefficient (Wildman–Crippen LogP) is 3.10. The van der Waals surface area contributed by atoms with E-state index in [1.54, 1.807) is 29.2 Å². The highest BCUT2D eigenvalue weighted by Crippen LogP contribution is 2.18. The number of carbonyl (C=O) groups excluding carboxylic acids is 1. The van der Waals surface area contributed by atoms with Crippen molar-refractivity contribution in [2.75, 3.05) is 6.54 Å². The molecule has 0 N–H and O–H groups in total. The lowest BCUT2D eigenvalue weighted by Gasteiger charge is -2.26. The second kappa shape index (κ2) is 6.27. The maximum Gasteiger partial charge on any atom is 0.255 e. The molecule has 4 heteroatoms. The van der Waals surface area contributed by atoms with Gasteiger partial charge in [-0.3, -0.25) is 4.79 Å². The van der Waals surface area contributed by atoms with E-state index < -0.39 is 0 Å². The van der Waals surface area contributed by atoms with Crippen LogP contribution in [0.25, 0.3) is 0 Å². The molecular weight excluding hydrogens is 236 g/mol. The molecule has 0 aliphatic carbocycles. The summed E-state index contributed by atoms with van der Waals surface area (Å²) in [5.74, 6) is -0.124. The van der Waals surface area contributed by atoms with Crippen LogP contribution in [0.5, 0.6) is 0 Å². The van der Waals surface area contributed by atoms with Gasteiger partial charge in [-0.1, -0.05) is 23.7 Å². The van der Waals surface area contributed by atoms with Crippen LogP contribution in [-0.4, -0.2) is 23.4 Å². The number of halogens is 1. The van der Waals surface area contributed by atoms with Crippen molar-refractivity contribution in [1.82, 2.24) is 4.90 Å². The lowest BCUT2D eigenvalue weighted by Crippen LogP contribution is -2.37. The number of hydrogen-bond acceptors (Lipinski definition) is 2.